The Morgan fingerprint density at radius 2 is 2.00 bits per heavy atom. The van der Waals surface area contributed by atoms with Crippen LogP contribution in [0.15, 0.2) is 18.3 Å². The summed E-state index contributed by atoms with van der Waals surface area (Å²) in [6, 6.07) is 4.68. The summed E-state index contributed by atoms with van der Waals surface area (Å²) in [7, 11) is 0. The normalized spacial score (nSPS) is 11.4. The number of hydrogen-bond acceptors (Lipinski definition) is 2. The molecule has 0 saturated carbocycles. The largest absolute Gasteiger partial charge is 0.269 e. The minimum absolute atomic E-state index is 0.512. The minimum atomic E-state index is 0.512. The van der Waals surface area contributed by atoms with Gasteiger partial charge in [-0.1, -0.05) is 13.8 Å². The van der Waals surface area contributed by atoms with Gasteiger partial charge in [0.15, 0.2) is 0 Å². The van der Waals surface area contributed by atoms with Crippen LogP contribution >= 0.6 is 22.6 Å². The maximum atomic E-state index is 4.65. The topological polar surface area (TPSA) is 35.6 Å². The zero-order chi connectivity index (χ0) is 13.1. The lowest BCUT2D eigenvalue weighted by molar-refractivity contribution is 0.423. The van der Waals surface area contributed by atoms with E-state index in [1.165, 1.54) is 5.69 Å². The van der Waals surface area contributed by atoms with Gasteiger partial charge in [0.25, 0.3) is 0 Å². The van der Waals surface area contributed by atoms with Crippen molar-refractivity contribution in [1.29, 1.82) is 0 Å². The Hall–Kier alpha value is -0.850. The van der Waals surface area contributed by atoms with Crippen molar-refractivity contribution >= 4 is 22.6 Å². The van der Waals surface area contributed by atoms with E-state index < -0.39 is 0 Å². The Morgan fingerprint density at radius 1 is 1.28 bits per heavy atom. The fourth-order valence-electron chi connectivity index (χ4n) is 2.11. The van der Waals surface area contributed by atoms with E-state index in [9.17, 15) is 0 Å². The smallest absolute Gasteiger partial charge is 0.123 e. The average Bonchev–Trinajstić information content (AvgIpc) is 2.89. The van der Waals surface area contributed by atoms with Gasteiger partial charge in [-0.25, -0.2) is 0 Å². The Labute approximate surface area is 122 Å². The Balaban J connectivity index is 2.13. The lowest BCUT2D eigenvalue weighted by atomic mass is 10.2. The number of aryl methyl sites for hydroxylation is 1. The van der Waals surface area contributed by atoms with Crippen LogP contribution in [-0.4, -0.2) is 19.6 Å². The second kappa shape index (κ2) is 5.86. The summed E-state index contributed by atoms with van der Waals surface area (Å²) in [4.78, 5) is 0. The highest BCUT2D eigenvalue weighted by Gasteiger charge is 2.09. The van der Waals surface area contributed by atoms with Gasteiger partial charge in [0.2, 0.25) is 0 Å². The van der Waals surface area contributed by atoms with E-state index in [0.717, 1.165) is 28.8 Å². The molecule has 0 radical (unpaired) electrons. The first-order chi connectivity index (χ1) is 8.63. The second-order valence-electron chi connectivity index (χ2n) is 4.52. The van der Waals surface area contributed by atoms with Gasteiger partial charge in [-0.15, -0.1) is 0 Å². The van der Waals surface area contributed by atoms with Crippen molar-refractivity contribution in [3.63, 3.8) is 0 Å². The van der Waals surface area contributed by atoms with E-state index in [-0.39, 0.29) is 0 Å². The van der Waals surface area contributed by atoms with Gasteiger partial charge in [0, 0.05) is 11.9 Å². The molecule has 2 rings (SSSR count). The van der Waals surface area contributed by atoms with E-state index in [1.54, 1.807) is 0 Å². The first-order valence-electron chi connectivity index (χ1n) is 6.38. The van der Waals surface area contributed by atoms with Crippen LogP contribution in [0.25, 0.3) is 0 Å². The van der Waals surface area contributed by atoms with E-state index in [4.69, 9.17) is 0 Å². The summed E-state index contributed by atoms with van der Waals surface area (Å²) in [5, 5.41) is 9.11. The standard InChI is InChI=1S/C13H19IN4/c1-4-12(5-2)17-7-6-11(15-17)9-18-10(3)8-13(14)16-18/h6-8,12H,4-5,9H2,1-3H3. The van der Waals surface area contributed by atoms with Gasteiger partial charge < -0.3 is 0 Å². The molecule has 0 bridgehead atoms. The average molecular weight is 358 g/mol. The van der Waals surface area contributed by atoms with E-state index in [2.05, 4.69) is 76.6 Å². The fourth-order valence-corrected chi connectivity index (χ4v) is 2.82. The molecule has 0 saturated heterocycles. The molecule has 4 nitrogen and oxygen atoms in total. The van der Waals surface area contributed by atoms with Crippen molar-refractivity contribution in [1.82, 2.24) is 19.6 Å². The lowest BCUT2D eigenvalue weighted by Crippen LogP contribution is -2.09. The maximum absolute atomic E-state index is 4.65. The second-order valence-corrected chi connectivity index (χ2v) is 5.63. The first-order valence-corrected chi connectivity index (χ1v) is 7.45. The van der Waals surface area contributed by atoms with Crippen molar-refractivity contribution in [2.45, 2.75) is 46.2 Å². The Kier molecular flexibility index (Phi) is 4.42. The van der Waals surface area contributed by atoms with E-state index in [1.807, 2.05) is 4.68 Å². The minimum Gasteiger partial charge on any atom is -0.269 e. The van der Waals surface area contributed by atoms with Crippen LogP contribution in [0.5, 0.6) is 0 Å². The summed E-state index contributed by atoms with van der Waals surface area (Å²) in [5.41, 5.74) is 2.25. The van der Waals surface area contributed by atoms with Crippen LogP contribution in [0.1, 0.15) is 44.1 Å². The summed E-state index contributed by atoms with van der Waals surface area (Å²) < 4.78 is 5.12. The van der Waals surface area contributed by atoms with Crippen LogP contribution in [0.4, 0.5) is 0 Å². The molecule has 0 fully saturated rings. The predicted octanol–water partition coefficient (Wildman–Crippen LogP) is 3.40. The molecule has 5 heteroatoms. The summed E-state index contributed by atoms with van der Waals surface area (Å²) >= 11 is 2.24. The molecule has 2 aromatic heterocycles. The first kappa shape index (κ1) is 13.6. The highest BCUT2D eigenvalue weighted by atomic mass is 127. The molecule has 0 aliphatic carbocycles. The van der Waals surface area contributed by atoms with Gasteiger partial charge in [0.05, 0.1) is 18.3 Å². The van der Waals surface area contributed by atoms with Gasteiger partial charge in [0.1, 0.15) is 3.70 Å². The predicted molar refractivity (Wildman–Crippen MR) is 80.6 cm³/mol. The van der Waals surface area contributed by atoms with Crippen LogP contribution < -0.4 is 0 Å². The number of hydrogen-bond donors (Lipinski definition) is 0. The maximum Gasteiger partial charge on any atom is 0.123 e. The molecular formula is C13H19IN4. The molecular weight excluding hydrogens is 339 g/mol. The number of aromatic nitrogens is 4. The number of halogens is 1. The van der Waals surface area contributed by atoms with Crippen molar-refractivity contribution < 1.29 is 0 Å². The number of nitrogens with zero attached hydrogens (tertiary/aromatic N) is 4. The fraction of sp³-hybridized carbons (Fsp3) is 0.538. The van der Waals surface area contributed by atoms with Gasteiger partial charge in [-0.3, -0.25) is 9.36 Å². The Morgan fingerprint density at radius 3 is 2.56 bits per heavy atom. The van der Waals surface area contributed by atoms with Crippen molar-refractivity contribution in [3.05, 3.63) is 33.4 Å². The highest BCUT2D eigenvalue weighted by molar-refractivity contribution is 14.1. The molecule has 0 unspecified atom stereocenters. The zero-order valence-corrected chi connectivity index (χ0v) is 13.3. The molecule has 0 N–H and O–H groups in total. The SMILES string of the molecule is CCC(CC)n1ccc(Cn2nc(I)cc2C)n1. The quantitative estimate of drug-likeness (QED) is 0.768. The van der Waals surface area contributed by atoms with Gasteiger partial charge in [-0.2, -0.15) is 10.2 Å². The molecule has 2 aromatic rings. The molecule has 0 aliphatic rings. The van der Waals surface area contributed by atoms with Gasteiger partial charge in [-0.05, 0) is 54.5 Å². The number of rotatable bonds is 5. The molecule has 0 aliphatic heterocycles. The molecule has 0 atom stereocenters. The summed E-state index contributed by atoms with van der Waals surface area (Å²) in [5.74, 6) is 0. The van der Waals surface area contributed by atoms with Crippen molar-refractivity contribution in [3.8, 4) is 0 Å². The molecule has 0 amide bonds. The molecule has 0 spiro atoms. The van der Waals surface area contributed by atoms with Crippen LogP contribution in [0.2, 0.25) is 0 Å². The van der Waals surface area contributed by atoms with Crippen molar-refractivity contribution in [2.75, 3.05) is 0 Å². The van der Waals surface area contributed by atoms with Crippen molar-refractivity contribution in [2.24, 2.45) is 0 Å². The molecule has 2 heterocycles. The van der Waals surface area contributed by atoms with Crippen LogP contribution in [0, 0.1) is 10.6 Å². The molecule has 98 valence electrons. The van der Waals surface area contributed by atoms with E-state index in [0.29, 0.717) is 6.04 Å². The third-order valence-electron chi connectivity index (χ3n) is 3.24. The summed E-state index contributed by atoms with van der Waals surface area (Å²) in [6.07, 6.45) is 4.32. The lowest BCUT2D eigenvalue weighted by Gasteiger charge is -2.12. The van der Waals surface area contributed by atoms with Gasteiger partial charge >= 0.3 is 0 Å². The Bertz CT molecular complexity index is 511. The molecule has 18 heavy (non-hydrogen) atoms. The third kappa shape index (κ3) is 2.93. The summed E-state index contributed by atoms with van der Waals surface area (Å²) in [6.45, 7) is 7.24. The molecule has 0 aromatic carbocycles. The van der Waals surface area contributed by atoms with Crippen LogP contribution in [0.3, 0.4) is 0 Å². The highest BCUT2D eigenvalue weighted by Crippen LogP contribution is 2.15. The van der Waals surface area contributed by atoms with Crippen LogP contribution in [-0.2, 0) is 6.54 Å². The monoisotopic (exact) mass is 358 g/mol. The third-order valence-corrected chi connectivity index (χ3v) is 3.77. The zero-order valence-electron chi connectivity index (χ0n) is 11.1. The van der Waals surface area contributed by atoms with E-state index >= 15 is 0 Å².